The van der Waals surface area contributed by atoms with Crippen LogP contribution < -0.4 is 9.64 Å². The quantitative estimate of drug-likeness (QED) is 0.398. The summed E-state index contributed by atoms with van der Waals surface area (Å²) in [5.74, 6) is 2.50. The van der Waals surface area contributed by atoms with E-state index >= 15 is 0 Å². The van der Waals surface area contributed by atoms with Crippen molar-refractivity contribution >= 4 is 23.2 Å². The van der Waals surface area contributed by atoms with Gasteiger partial charge in [0.25, 0.3) is 0 Å². The van der Waals surface area contributed by atoms with Crippen LogP contribution in [0.1, 0.15) is 31.2 Å². The molecular formula is C23H25F3N4OS. The van der Waals surface area contributed by atoms with Gasteiger partial charge in [-0.05, 0) is 62.0 Å². The molecule has 5 rings (SSSR count). The second-order valence-corrected chi connectivity index (χ2v) is 9.41. The second-order valence-electron chi connectivity index (χ2n) is 8.62. The molecule has 0 bridgehead atoms. The van der Waals surface area contributed by atoms with E-state index in [1.54, 1.807) is 6.20 Å². The molecular weight excluding hydrogens is 437 g/mol. The highest BCUT2D eigenvalue weighted by Gasteiger charge is 2.36. The highest BCUT2D eigenvalue weighted by molar-refractivity contribution is 7.98. The summed E-state index contributed by atoms with van der Waals surface area (Å²) in [7, 11) is 1.36. The van der Waals surface area contributed by atoms with Crippen molar-refractivity contribution in [1.29, 1.82) is 0 Å². The maximum Gasteiger partial charge on any atom is 0.417 e. The lowest BCUT2D eigenvalue weighted by molar-refractivity contribution is -0.137. The molecule has 2 fully saturated rings. The SMILES string of the molecule is COc1ccc(-c2nccn3c(N(CC4CC4)CC4CC4)c(SC)nc23)c(C(F)(F)F)c1. The smallest absolute Gasteiger partial charge is 0.417 e. The number of hydrogen-bond acceptors (Lipinski definition) is 5. The molecule has 0 atom stereocenters. The van der Waals surface area contributed by atoms with Crippen molar-refractivity contribution in [3.05, 3.63) is 36.2 Å². The first kappa shape index (κ1) is 21.4. The highest BCUT2D eigenvalue weighted by atomic mass is 32.2. The number of nitrogens with zero attached hydrogens (tertiary/aromatic N) is 4. The van der Waals surface area contributed by atoms with Gasteiger partial charge in [-0.25, -0.2) is 4.98 Å². The number of ether oxygens (including phenoxy) is 1. The summed E-state index contributed by atoms with van der Waals surface area (Å²) in [6, 6.07) is 3.97. The van der Waals surface area contributed by atoms with Gasteiger partial charge in [-0.15, -0.1) is 11.8 Å². The predicted molar refractivity (Wildman–Crippen MR) is 119 cm³/mol. The van der Waals surface area contributed by atoms with Gasteiger partial charge in [-0.1, -0.05) is 0 Å². The molecule has 2 aliphatic rings. The zero-order valence-electron chi connectivity index (χ0n) is 18.0. The first-order chi connectivity index (χ1) is 15.4. The Morgan fingerprint density at radius 2 is 1.84 bits per heavy atom. The van der Waals surface area contributed by atoms with E-state index in [1.807, 2.05) is 16.9 Å². The summed E-state index contributed by atoms with van der Waals surface area (Å²) in [6.45, 7) is 1.93. The Labute approximate surface area is 189 Å². The summed E-state index contributed by atoms with van der Waals surface area (Å²) in [6.07, 6.45) is 5.73. The van der Waals surface area contributed by atoms with Gasteiger partial charge in [0.1, 0.15) is 22.3 Å². The van der Waals surface area contributed by atoms with Gasteiger partial charge in [0.05, 0.1) is 12.7 Å². The minimum absolute atomic E-state index is 0.00374. The Morgan fingerprint density at radius 3 is 2.41 bits per heavy atom. The zero-order valence-corrected chi connectivity index (χ0v) is 18.8. The fraction of sp³-hybridized carbons (Fsp3) is 0.478. The van der Waals surface area contributed by atoms with Crippen molar-refractivity contribution in [3.63, 3.8) is 0 Å². The topological polar surface area (TPSA) is 42.7 Å². The molecule has 2 aromatic heterocycles. The van der Waals surface area contributed by atoms with Crippen molar-refractivity contribution < 1.29 is 17.9 Å². The van der Waals surface area contributed by atoms with Crippen LogP contribution in [-0.2, 0) is 6.18 Å². The summed E-state index contributed by atoms with van der Waals surface area (Å²) in [5.41, 5.74) is -0.106. The number of imidazole rings is 1. The van der Waals surface area contributed by atoms with E-state index in [1.165, 1.54) is 56.7 Å². The van der Waals surface area contributed by atoms with Crippen LogP contribution in [0.25, 0.3) is 16.9 Å². The van der Waals surface area contributed by atoms with Gasteiger partial charge < -0.3 is 9.64 Å². The molecule has 0 N–H and O–H groups in total. The van der Waals surface area contributed by atoms with Crippen molar-refractivity contribution in [2.45, 2.75) is 36.9 Å². The molecule has 2 saturated carbocycles. The minimum Gasteiger partial charge on any atom is -0.497 e. The molecule has 0 unspecified atom stereocenters. The van der Waals surface area contributed by atoms with Crippen LogP contribution in [0.3, 0.4) is 0 Å². The summed E-state index contributed by atoms with van der Waals surface area (Å²) in [5, 5.41) is 0.822. The molecule has 0 aliphatic heterocycles. The molecule has 170 valence electrons. The van der Waals surface area contributed by atoms with Crippen molar-refractivity contribution in [2.24, 2.45) is 11.8 Å². The number of halogens is 3. The largest absolute Gasteiger partial charge is 0.497 e. The Morgan fingerprint density at radius 1 is 1.16 bits per heavy atom. The molecule has 9 heteroatoms. The normalized spacial score (nSPS) is 16.5. The number of hydrogen-bond donors (Lipinski definition) is 0. The van der Waals surface area contributed by atoms with E-state index in [9.17, 15) is 13.2 Å². The van der Waals surface area contributed by atoms with Crippen LogP contribution in [0.15, 0.2) is 35.6 Å². The summed E-state index contributed by atoms with van der Waals surface area (Å²) >= 11 is 1.52. The number of alkyl halides is 3. The maximum absolute atomic E-state index is 13.9. The molecule has 3 aromatic rings. The Bertz CT molecular complexity index is 1120. The second kappa shape index (κ2) is 8.17. The third-order valence-electron chi connectivity index (χ3n) is 6.12. The third-order valence-corrected chi connectivity index (χ3v) is 6.78. The maximum atomic E-state index is 13.9. The van der Waals surface area contributed by atoms with Gasteiger partial charge in [0, 0.05) is 31.0 Å². The zero-order chi connectivity index (χ0) is 22.5. The fourth-order valence-electron chi connectivity index (χ4n) is 4.12. The number of methoxy groups -OCH3 is 1. The standard InChI is InChI=1S/C23H25F3N4OS/c1-31-16-7-8-17(18(11-16)23(24,25)26)19-20-28-21(32-2)22(30(20)10-9-27-19)29(12-14-3-4-14)13-15-5-6-15/h7-11,14-15H,3-6,12-13H2,1-2H3. The molecule has 1 aromatic carbocycles. The average Bonchev–Trinajstić information content (AvgIpc) is 3.71. The lowest BCUT2D eigenvalue weighted by Gasteiger charge is -2.25. The molecule has 0 spiro atoms. The number of aromatic nitrogens is 3. The lowest BCUT2D eigenvalue weighted by Crippen LogP contribution is -2.29. The molecule has 32 heavy (non-hydrogen) atoms. The van der Waals surface area contributed by atoms with E-state index < -0.39 is 11.7 Å². The van der Waals surface area contributed by atoms with Crippen molar-refractivity contribution in [1.82, 2.24) is 14.4 Å². The fourth-order valence-corrected chi connectivity index (χ4v) is 4.71. The monoisotopic (exact) mass is 462 g/mol. The first-order valence-corrected chi connectivity index (χ1v) is 12.0. The van der Waals surface area contributed by atoms with Crippen LogP contribution in [0.2, 0.25) is 0 Å². The van der Waals surface area contributed by atoms with Gasteiger partial charge in [-0.3, -0.25) is 9.38 Å². The summed E-state index contributed by atoms with van der Waals surface area (Å²) < 4.78 is 48.7. The Kier molecular flexibility index (Phi) is 5.47. The molecule has 0 amide bonds. The van der Waals surface area contributed by atoms with Gasteiger partial charge in [-0.2, -0.15) is 13.2 Å². The van der Waals surface area contributed by atoms with E-state index in [-0.39, 0.29) is 17.0 Å². The minimum atomic E-state index is -4.54. The van der Waals surface area contributed by atoms with Crippen LogP contribution in [0, 0.1) is 11.8 Å². The Hall–Kier alpha value is -2.42. The molecule has 0 saturated heterocycles. The molecule has 2 aliphatic carbocycles. The van der Waals surface area contributed by atoms with E-state index in [0.29, 0.717) is 17.5 Å². The van der Waals surface area contributed by atoms with E-state index in [4.69, 9.17) is 9.72 Å². The number of benzene rings is 1. The molecule has 2 heterocycles. The van der Waals surface area contributed by atoms with E-state index in [2.05, 4.69) is 9.88 Å². The number of fused-ring (bicyclic) bond motifs is 1. The molecule has 0 radical (unpaired) electrons. The van der Waals surface area contributed by atoms with Crippen molar-refractivity contribution in [3.8, 4) is 17.0 Å². The molecule has 5 nitrogen and oxygen atoms in total. The van der Waals surface area contributed by atoms with E-state index in [0.717, 1.165) is 30.0 Å². The van der Waals surface area contributed by atoms with Gasteiger partial charge in [0.15, 0.2) is 5.65 Å². The third kappa shape index (κ3) is 4.14. The van der Waals surface area contributed by atoms with Crippen LogP contribution in [0.5, 0.6) is 5.75 Å². The van der Waals surface area contributed by atoms with Crippen LogP contribution >= 0.6 is 11.8 Å². The highest BCUT2D eigenvalue weighted by Crippen LogP contribution is 2.42. The number of thioether (sulfide) groups is 1. The number of rotatable bonds is 8. The van der Waals surface area contributed by atoms with Crippen LogP contribution in [-0.4, -0.2) is 40.8 Å². The van der Waals surface area contributed by atoms with Crippen molar-refractivity contribution in [2.75, 3.05) is 31.4 Å². The summed E-state index contributed by atoms with van der Waals surface area (Å²) in [4.78, 5) is 11.5. The number of anilines is 1. The first-order valence-electron chi connectivity index (χ1n) is 10.8. The average molecular weight is 463 g/mol. The lowest BCUT2D eigenvalue weighted by atomic mass is 10.0. The van der Waals surface area contributed by atoms with Gasteiger partial charge >= 0.3 is 6.18 Å². The predicted octanol–water partition coefficient (Wildman–Crippen LogP) is 5.77. The van der Waals surface area contributed by atoms with Gasteiger partial charge in [0.2, 0.25) is 0 Å². The Balaban J connectivity index is 1.67. The van der Waals surface area contributed by atoms with Crippen LogP contribution in [0.4, 0.5) is 19.0 Å².